The third kappa shape index (κ3) is 4.32. The number of benzene rings is 1. The number of hydrogen-bond donors (Lipinski definition) is 1. The second kappa shape index (κ2) is 8.17. The zero-order valence-electron chi connectivity index (χ0n) is 15.1. The molecule has 138 valence electrons. The molecule has 1 N–H and O–H groups in total. The SMILES string of the molecule is CCCCC(=O)N[C@@H]1CC2(CCN(CCF)CC2)Oc2ccccc21. The van der Waals surface area contributed by atoms with Crippen LogP contribution in [0.3, 0.4) is 0 Å². The summed E-state index contributed by atoms with van der Waals surface area (Å²) in [5, 5.41) is 3.23. The van der Waals surface area contributed by atoms with E-state index in [1.54, 1.807) is 0 Å². The number of rotatable bonds is 6. The third-order valence-corrected chi connectivity index (χ3v) is 5.46. The summed E-state index contributed by atoms with van der Waals surface area (Å²) < 4.78 is 19.0. The summed E-state index contributed by atoms with van der Waals surface area (Å²) in [7, 11) is 0. The fraction of sp³-hybridized carbons (Fsp3) is 0.650. The van der Waals surface area contributed by atoms with Crippen LogP contribution in [0.4, 0.5) is 4.39 Å². The van der Waals surface area contributed by atoms with Gasteiger partial charge in [0.1, 0.15) is 18.0 Å². The van der Waals surface area contributed by atoms with E-state index in [9.17, 15) is 9.18 Å². The number of fused-ring (bicyclic) bond motifs is 1. The van der Waals surface area contributed by atoms with Gasteiger partial charge in [-0.05, 0) is 25.3 Å². The number of nitrogens with zero attached hydrogens (tertiary/aromatic N) is 1. The van der Waals surface area contributed by atoms with Crippen LogP contribution in [-0.2, 0) is 4.79 Å². The van der Waals surface area contributed by atoms with Gasteiger partial charge >= 0.3 is 0 Å². The zero-order valence-corrected chi connectivity index (χ0v) is 15.1. The standard InChI is InChI=1S/C20H29FN2O2/c1-2-3-8-19(24)22-17-15-20(9-12-23(13-10-20)14-11-21)25-18-7-5-4-6-16(17)18/h4-7,17H,2-3,8-15H2,1H3,(H,22,24)/t17-/m1/s1. The molecule has 1 aromatic rings. The Morgan fingerprint density at radius 2 is 2.12 bits per heavy atom. The minimum absolute atomic E-state index is 0.00188. The molecular formula is C20H29FN2O2. The maximum absolute atomic E-state index is 12.6. The van der Waals surface area contributed by atoms with Gasteiger partial charge in [0.05, 0.1) is 6.04 Å². The lowest BCUT2D eigenvalue weighted by Crippen LogP contribution is -2.52. The molecule has 25 heavy (non-hydrogen) atoms. The number of carbonyl (C=O) groups excluding carboxylic acids is 1. The monoisotopic (exact) mass is 348 g/mol. The van der Waals surface area contributed by atoms with Gasteiger partial charge in [-0.3, -0.25) is 4.79 Å². The summed E-state index contributed by atoms with van der Waals surface area (Å²) >= 11 is 0. The lowest BCUT2D eigenvalue weighted by Gasteiger charge is -2.47. The molecule has 3 rings (SSSR count). The van der Waals surface area contributed by atoms with Gasteiger partial charge in [-0.1, -0.05) is 31.5 Å². The molecule has 4 nitrogen and oxygen atoms in total. The van der Waals surface area contributed by atoms with Gasteiger partial charge in [-0.2, -0.15) is 0 Å². The molecule has 1 aromatic carbocycles. The molecule has 1 saturated heterocycles. The Labute approximate surface area is 149 Å². The van der Waals surface area contributed by atoms with E-state index in [4.69, 9.17) is 4.74 Å². The van der Waals surface area contributed by atoms with E-state index >= 15 is 0 Å². The molecule has 0 aliphatic carbocycles. The quantitative estimate of drug-likeness (QED) is 0.854. The molecule has 0 aromatic heterocycles. The van der Waals surface area contributed by atoms with Crippen LogP contribution in [0.5, 0.6) is 5.75 Å². The van der Waals surface area contributed by atoms with Crippen LogP contribution in [0.1, 0.15) is 57.1 Å². The van der Waals surface area contributed by atoms with Crippen LogP contribution < -0.4 is 10.1 Å². The number of likely N-dealkylation sites (tertiary alicyclic amines) is 1. The van der Waals surface area contributed by atoms with Crippen LogP contribution in [0, 0.1) is 0 Å². The maximum atomic E-state index is 12.6. The number of halogens is 1. The summed E-state index contributed by atoms with van der Waals surface area (Å²) in [6.07, 6.45) is 5.07. The molecule has 2 aliphatic rings. The Bertz CT molecular complexity index is 585. The number of para-hydroxylation sites is 1. The highest BCUT2D eigenvalue weighted by atomic mass is 19.1. The molecule has 1 atom stereocenters. The van der Waals surface area contributed by atoms with Crippen molar-refractivity contribution in [2.24, 2.45) is 0 Å². The summed E-state index contributed by atoms with van der Waals surface area (Å²) in [6.45, 7) is 4.00. The molecule has 0 bridgehead atoms. The van der Waals surface area contributed by atoms with E-state index in [-0.39, 0.29) is 24.2 Å². The molecular weight excluding hydrogens is 319 g/mol. The minimum Gasteiger partial charge on any atom is -0.487 e. The third-order valence-electron chi connectivity index (χ3n) is 5.46. The van der Waals surface area contributed by atoms with E-state index < -0.39 is 0 Å². The molecule has 2 aliphatic heterocycles. The first-order valence-electron chi connectivity index (χ1n) is 9.51. The summed E-state index contributed by atoms with van der Waals surface area (Å²) in [4.78, 5) is 14.4. The molecule has 5 heteroatoms. The molecule has 0 unspecified atom stereocenters. The zero-order chi connectivity index (χ0) is 17.7. The van der Waals surface area contributed by atoms with E-state index in [2.05, 4.69) is 17.1 Å². The van der Waals surface area contributed by atoms with Crippen LogP contribution in [-0.4, -0.2) is 42.7 Å². The van der Waals surface area contributed by atoms with E-state index in [0.29, 0.717) is 13.0 Å². The number of nitrogens with one attached hydrogen (secondary N) is 1. The van der Waals surface area contributed by atoms with Gasteiger partial charge in [0.2, 0.25) is 5.91 Å². The van der Waals surface area contributed by atoms with Crippen molar-refractivity contribution in [3.8, 4) is 5.75 Å². The Kier molecular flexibility index (Phi) is 5.94. The van der Waals surface area contributed by atoms with Crippen molar-refractivity contribution in [2.45, 2.75) is 57.1 Å². The summed E-state index contributed by atoms with van der Waals surface area (Å²) in [5.74, 6) is 1.00. The van der Waals surface area contributed by atoms with Gasteiger partial charge in [-0.25, -0.2) is 4.39 Å². The smallest absolute Gasteiger partial charge is 0.220 e. The van der Waals surface area contributed by atoms with Gasteiger partial charge in [0.15, 0.2) is 0 Å². The highest BCUT2D eigenvalue weighted by Gasteiger charge is 2.43. The second-order valence-corrected chi connectivity index (χ2v) is 7.28. The Morgan fingerprint density at radius 3 is 2.84 bits per heavy atom. The van der Waals surface area contributed by atoms with Crippen LogP contribution in [0.25, 0.3) is 0 Å². The van der Waals surface area contributed by atoms with Crippen molar-refractivity contribution in [3.05, 3.63) is 29.8 Å². The predicted molar refractivity (Wildman–Crippen MR) is 96.5 cm³/mol. The average Bonchev–Trinajstić information content (AvgIpc) is 2.62. The Hall–Kier alpha value is -1.62. The van der Waals surface area contributed by atoms with E-state index in [1.165, 1.54) is 0 Å². The van der Waals surface area contributed by atoms with Gasteiger partial charge in [0, 0.05) is 38.0 Å². The normalized spacial score (nSPS) is 22.2. The van der Waals surface area contributed by atoms with Crippen molar-refractivity contribution >= 4 is 5.91 Å². The number of unbranched alkanes of at least 4 members (excludes halogenated alkanes) is 1. The Balaban J connectivity index is 1.73. The first kappa shape index (κ1) is 18.2. The molecule has 0 radical (unpaired) electrons. The first-order valence-corrected chi connectivity index (χ1v) is 9.51. The largest absolute Gasteiger partial charge is 0.487 e. The molecule has 1 spiro atoms. The van der Waals surface area contributed by atoms with Crippen molar-refractivity contribution in [1.29, 1.82) is 0 Å². The van der Waals surface area contributed by atoms with E-state index in [1.807, 2.05) is 24.3 Å². The summed E-state index contributed by atoms with van der Waals surface area (Å²) in [6, 6.07) is 8.02. The van der Waals surface area contributed by atoms with E-state index in [0.717, 1.165) is 56.5 Å². The summed E-state index contributed by atoms with van der Waals surface area (Å²) in [5.41, 5.74) is 0.827. The lowest BCUT2D eigenvalue weighted by molar-refractivity contribution is -0.122. The minimum atomic E-state index is -0.299. The highest BCUT2D eigenvalue weighted by molar-refractivity contribution is 5.76. The Morgan fingerprint density at radius 1 is 1.36 bits per heavy atom. The number of alkyl halides is 1. The van der Waals surface area contributed by atoms with Gasteiger partial charge in [0.25, 0.3) is 0 Å². The number of ether oxygens (including phenoxy) is 1. The number of hydrogen-bond acceptors (Lipinski definition) is 3. The number of piperidine rings is 1. The molecule has 1 fully saturated rings. The predicted octanol–water partition coefficient (Wildman–Crippen LogP) is 3.62. The lowest BCUT2D eigenvalue weighted by atomic mass is 9.80. The fourth-order valence-electron chi connectivity index (χ4n) is 3.96. The molecule has 2 heterocycles. The average molecular weight is 348 g/mol. The molecule has 0 saturated carbocycles. The van der Waals surface area contributed by atoms with Crippen molar-refractivity contribution in [2.75, 3.05) is 26.3 Å². The topological polar surface area (TPSA) is 41.6 Å². The van der Waals surface area contributed by atoms with Crippen LogP contribution in [0.2, 0.25) is 0 Å². The fourth-order valence-corrected chi connectivity index (χ4v) is 3.96. The van der Waals surface area contributed by atoms with Gasteiger partial charge in [-0.15, -0.1) is 0 Å². The van der Waals surface area contributed by atoms with Crippen molar-refractivity contribution < 1.29 is 13.9 Å². The van der Waals surface area contributed by atoms with Crippen LogP contribution >= 0.6 is 0 Å². The second-order valence-electron chi connectivity index (χ2n) is 7.28. The maximum Gasteiger partial charge on any atom is 0.220 e. The number of amides is 1. The van der Waals surface area contributed by atoms with Gasteiger partial charge < -0.3 is 15.0 Å². The van der Waals surface area contributed by atoms with Crippen molar-refractivity contribution in [1.82, 2.24) is 10.2 Å². The first-order chi connectivity index (χ1) is 12.2. The van der Waals surface area contributed by atoms with Crippen LogP contribution in [0.15, 0.2) is 24.3 Å². The number of carbonyl (C=O) groups is 1. The molecule has 1 amide bonds. The van der Waals surface area contributed by atoms with Crippen molar-refractivity contribution in [3.63, 3.8) is 0 Å². The highest BCUT2D eigenvalue weighted by Crippen LogP contribution is 2.44.